The molecule has 0 unspecified atom stereocenters. The number of hydrogen-bond donors (Lipinski definition) is 3. The highest BCUT2D eigenvalue weighted by Crippen LogP contribution is 2.17. The highest BCUT2D eigenvalue weighted by Gasteiger charge is 2.15. The van der Waals surface area contributed by atoms with Gasteiger partial charge in [0.2, 0.25) is 11.8 Å². The third-order valence-electron chi connectivity index (χ3n) is 3.15. The molecule has 0 aliphatic rings. The van der Waals surface area contributed by atoms with Gasteiger partial charge in [0.05, 0.1) is 6.42 Å². The molecule has 0 radical (unpaired) electrons. The van der Waals surface area contributed by atoms with Gasteiger partial charge in [0.25, 0.3) is 0 Å². The highest BCUT2D eigenvalue weighted by molar-refractivity contribution is 5.91. The lowest BCUT2D eigenvalue weighted by Gasteiger charge is -2.13. The molecule has 2 amide bonds. The van der Waals surface area contributed by atoms with E-state index in [0.717, 1.165) is 16.5 Å². The summed E-state index contributed by atoms with van der Waals surface area (Å²) in [5, 5.41) is 6.42. The van der Waals surface area contributed by atoms with Crippen LogP contribution in [0.25, 0.3) is 10.9 Å². The zero-order chi connectivity index (χ0) is 14.5. The summed E-state index contributed by atoms with van der Waals surface area (Å²) in [7, 11) is 0. The molecule has 0 aliphatic carbocycles. The van der Waals surface area contributed by atoms with Crippen molar-refractivity contribution in [1.29, 1.82) is 0 Å². The van der Waals surface area contributed by atoms with E-state index < -0.39 is 6.04 Å². The second-order valence-corrected chi connectivity index (χ2v) is 4.72. The number of H-pyrrole nitrogens is 1. The Bertz CT molecular complexity index is 618. The molecule has 0 fully saturated rings. The van der Waals surface area contributed by atoms with Crippen molar-refractivity contribution in [3.05, 3.63) is 36.0 Å². The third-order valence-corrected chi connectivity index (χ3v) is 3.15. The van der Waals surface area contributed by atoms with Crippen LogP contribution < -0.4 is 10.6 Å². The van der Waals surface area contributed by atoms with Crippen LogP contribution in [0.5, 0.6) is 0 Å². The number of fused-ring (bicyclic) bond motifs is 1. The fourth-order valence-corrected chi connectivity index (χ4v) is 2.14. The van der Waals surface area contributed by atoms with E-state index in [4.69, 9.17) is 0 Å². The average Bonchev–Trinajstić information content (AvgIpc) is 2.82. The molecule has 1 atom stereocenters. The van der Waals surface area contributed by atoms with E-state index in [1.165, 1.54) is 0 Å². The van der Waals surface area contributed by atoms with Crippen LogP contribution in [0.4, 0.5) is 0 Å². The van der Waals surface area contributed by atoms with Gasteiger partial charge in [-0.2, -0.15) is 0 Å². The van der Waals surface area contributed by atoms with E-state index in [9.17, 15) is 9.59 Å². The van der Waals surface area contributed by atoms with E-state index in [1.54, 1.807) is 6.92 Å². The number of carbonyl (C=O) groups is 2. The van der Waals surface area contributed by atoms with Crippen LogP contribution in [0.3, 0.4) is 0 Å². The fraction of sp³-hybridized carbons (Fsp3) is 0.333. The number of carbonyl (C=O) groups excluding carboxylic acids is 2. The first kappa shape index (κ1) is 14.1. The van der Waals surface area contributed by atoms with Gasteiger partial charge in [-0.3, -0.25) is 9.59 Å². The Kier molecular flexibility index (Phi) is 4.40. The standard InChI is InChI=1S/C15H19N3O2/c1-3-16-15(20)10(2)18-14(19)8-11-9-17-13-7-5-4-6-12(11)13/h4-7,9-10,17H,3,8H2,1-2H3,(H,16,20)(H,18,19)/t10-/m1/s1. The Balaban J connectivity index is 1.99. The summed E-state index contributed by atoms with van der Waals surface area (Å²) in [6.45, 7) is 4.08. The van der Waals surface area contributed by atoms with Crippen molar-refractivity contribution in [2.24, 2.45) is 0 Å². The van der Waals surface area contributed by atoms with Crippen molar-refractivity contribution in [2.75, 3.05) is 6.54 Å². The number of nitrogens with one attached hydrogen (secondary N) is 3. The summed E-state index contributed by atoms with van der Waals surface area (Å²) in [4.78, 5) is 26.7. The van der Waals surface area contributed by atoms with Crippen LogP contribution in [-0.2, 0) is 16.0 Å². The minimum atomic E-state index is -0.521. The summed E-state index contributed by atoms with van der Waals surface area (Å²) in [5.74, 6) is -0.326. The lowest BCUT2D eigenvalue weighted by Crippen LogP contribution is -2.45. The molecule has 1 aromatic heterocycles. The van der Waals surface area contributed by atoms with Crippen LogP contribution in [0.1, 0.15) is 19.4 Å². The first-order chi connectivity index (χ1) is 9.61. The van der Waals surface area contributed by atoms with E-state index in [1.807, 2.05) is 37.4 Å². The molecule has 0 saturated carbocycles. The minimum Gasteiger partial charge on any atom is -0.361 e. The van der Waals surface area contributed by atoms with Crippen molar-refractivity contribution in [2.45, 2.75) is 26.3 Å². The topological polar surface area (TPSA) is 74.0 Å². The zero-order valence-electron chi connectivity index (χ0n) is 11.7. The number of benzene rings is 1. The van der Waals surface area contributed by atoms with Crippen molar-refractivity contribution in [3.63, 3.8) is 0 Å². The number of amides is 2. The first-order valence-corrected chi connectivity index (χ1v) is 6.74. The summed E-state index contributed by atoms with van der Waals surface area (Å²) in [6.07, 6.45) is 2.09. The summed E-state index contributed by atoms with van der Waals surface area (Å²) in [5.41, 5.74) is 1.94. The number of rotatable bonds is 5. The maximum atomic E-state index is 12.0. The summed E-state index contributed by atoms with van der Waals surface area (Å²) in [6, 6.07) is 7.30. The molecule has 106 valence electrons. The normalized spacial score (nSPS) is 12.1. The minimum absolute atomic E-state index is 0.159. The maximum absolute atomic E-state index is 12.0. The van der Waals surface area contributed by atoms with Crippen LogP contribution in [0.2, 0.25) is 0 Å². The number of likely N-dealkylation sites (N-methyl/N-ethyl adjacent to an activating group) is 1. The van der Waals surface area contributed by atoms with E-state index in [-0.39, 0.29) is 18.2 Å². The van der Waals surface area contributed by atoms with Crippen LogP contribution in [0, 0.1) is 0 Å². The van der Waals surface area contributed by atoms with Crippen molar-refractivity contribution >= 4 is 22.7 Å². The van der Waals surface area contributed by atoms with Gasteiger partial charge in [-0.05, 0) is 25.5 Å². The zero-order valence-corrected chi connectivity index (χ0v) is 11.7. The number of para-hydroxylation sites is 1. The Morgan fingerprint density at radius 3 is 2.80 bits per heavy atom. The van der Waals surface area contributed by atoms with E-state index >= 15 is 0 Å². The molecule has 20 heavy (non-hydrogen) atoms. The molecule has 3 N–H and O–H groups in total. The summed E-state index contributed by atoms with van der Waals surface area (Å²) < 4.78 is 0. The molecular weight excluding hydrogens is 254 g/mol. The van der Waals surface area contributed by atoms with Crippen LogP contribution in [-0.4, -0.2) is 29.4 Å². The van der Waals surface area contributed by atoms with Gasteiger partial charge < -0.3 is 15.6 Å². The second kappa shape index (κ2) is 6.23. The fourth-order valence-electron chi connectivity index (χ4n) is 2.14. The number of aromatic nitrogens is 1. The molecule has 5 nitrogen and oxygen atoms in total. The lowest BCUT2D eigenvalue weighted by molar-refractivity contribution is -0.128. The van der Waals surface area contributed by atoms with Crippen molar-refractivity contribution in [1.82, 2.24) is 15.6 Å². The van der Waals surface area contributed by atoms with Gasteiger partial charge in [-0.15, -0.1) is 0 Å². The molecule has 2 aromatic rings. The summed E-state index contributed by atoms with van der Waals surface area (Å²) >= 11 is 0. The maximum Gasteiger partial charge on any atom is 0.242 e. The largest absolute Gasteiger partial charge is 0.361 e. The lowest BCUT2D eigenvalue weighted by atomic mass is 10.1. The molecule has 0 saturated heterocycles. The molecular formula is C15H19N3O2. The Morgan fingerprint density at radius 2 is 2.05 bits per heavy atom. The third kappa shape index (κ3) is 3.17. The van der Waals surface area contributed by atoms with Gasteiger partial charge in [0, 0.05) is 23.6 Å². The Hall–Kier alpha value is -2.30. The van der Waals surface area contributed by atoms with Gasteiger partial charge in [-0.1, -0.05) is 18.2 Å². The van der Waals surface area contributed by atoms with E-state index in [2.05, 4.69) is 15.6 Å². The monoisotopic (exact) mass is 273 g/mol. The number of aromatic amines is 1. The van der Waals surface area contributed by atoms with Crippen molar-refractivity contribution in [3.8, 4) is 0 Å². The second-order valence-electron chi connectivity index (χ2n) is 4.72. The van der Waals surface area contributed by atoms with Gasteiger partial charge in [0.15, 0.2) is 0 Å². The molecule has 0 bridgehead atoms. The predicted molar refractivity (Wildman–Crippen MR) is 78.3 cm³/mol. The molecule has 2 rings (SSSR count). The van der Waals surface area contributed by atoms with Gasteiger partial charge in [0.1, 0.15) is 6.04 Å². The average molecular weight is 273 g/mol. The Morgan fingerprint density at radius 1 is 1.30 bits per heavy atom. The van der Waals surface area contributed by atoms with E-state index in [0.29, 0.717) is 6.54 Å². The first-order valence-electron chi connectivity index (χ1n) is 6.74. The van der Waals surface area contributed by atoms with Gasteiger partial charge in [-0.25, -0.2) is 0 Å². The molecule has 0 spiro atoms. The number of hydrogen-bond acceptors (Lipinski definition) is 2. The van der Waals surface area contributed by atoms with Crippen LogP contribution >= 0.6 is 0 Å². The predicted octanol–water partition coefficient (Wildman–Crippen LogP) is 1.35. The SMILES string of the molecule is CCNC(=O)[C@@H](C)NC(=O)Cc1c[nH]c2ccccc12. The molecule has 1 aromatic carbocycles. The molecule has 5 heteroatoms. The highest BCUT2D eigenvalue weighted by atomic mass is 16.2. The smallest absolute Gasteiger partial charge is 0.242 e. The Labute approximate surface area is 117 Å². The molecule has 0 aliphatic heterocycles. The van der Waals surface area contributed by atoms with Crippen LogP contribution in [0.15, 0.2) is 30.5 Å². The molecule has 1 heterocycles. The van der Waals surface area contributed by atoms with Gasteiger partial charge >= 0.3 is 0 Å². The quantitative estimate of drug-likeness (QED) is 0.769. The van der Waals surface area contributed by atoms with Crippen molar-refractivity contribution < 1.29 is 9.59 Å².